The van der Waals surface area contributed by atoms with Gasteiger partial charge in [-0.3, -0.25) is 14.6 Å². The number of hydrogen-bond donors (Lipinski definition) is 0. The van der Waals surface area contributed by atoms with E-state index in [-0.39, 0.29) is 41.1 Å². The van der Waals surface area contributed by atoms with E-state index in [1.165, 1.54) is 31.3 Å². The molecule has 2 amide bonds. The van der Waals surface area contributed by atoms with E-state index in [0.717, 1.165) is 11.8 Å². The maximum absolute atomic E-state index is 13.9. The van der Waals surface area contributed by atoms with Gasteiger partial charge in [-0.1, -0.05) is 12.1 Å². The standard InChI is InChI=1S/C20H19F2N3O2/c1-12(26)25-10-14-9-24(20(27)16-5-6-23-8-18(16)22)11-17(14)19(25)13-3-2-4-15(21)7-13/h2-8,14,17,19H,9-11H2,1H3/t14-,17-,19+/m1/s1. The van der Waals surface area contributed by atoms with Crippen molar-refractivity contribution in [3.8, 4) is 0 Å². The van der Waals surface area contributed by atoms with Gasteiger partial charge in [0.2, 0.25) is 5.91 Å². The fourth-order valence-electron chi connectivity index (χ4n) is 4.37. The Kier molecular flexibility index (Phi) is 4.37. The lowest BCUT2D eigenvalue weighted by atomic mass is 9.89. The van der Waals surface area contributed by atoms with Crippen molar-refractivity contribution in [1.29, 1.82) is 0 Å². The highest BCUT2D eigenvalue weighted by Crippen LogP contribution is 2.45. The molecule has 0 N–H and O–H groups in total. The molecule has 0 aliphatic carbocycles. The molecule has 1 aromatic carbocycles. The van der Waals surface area contributed by atoms with E-state index in [1.807, 2.05) is 0 Å². The van der Waals surface area contributed by atoms with E-state index in [0.29, 0.717) is 19.6 Å². The fourth-order valence-corrected chi connectivity index (χ4v) is 4.37. The SMILES string of the molecule is CC(=O)N1C[C@H]2CN(C(=O)c3ccncc3F)C[C@H]2[C@@H]1c1cccc(F)c1. The van der Waals surface area contributed by atoms with Crippen molar-refractivity contribution in [1.82, 2.24) is 14.8 Å². The summed E-state index contributed by atoms with van der Waals surface area (Å²) < 4.78 is 27.7. The van der Waals surface area contributed by atoms with Crippen LogP contribution < -0.4 is 0 Å². The minimum atomic E-state index is -0.647. The number of pyridine rings is 1. The van der Waals surface area contributed by atoms with Crippen molar-refractivity contribution >= 4 is 11.8 Å². The summed E-state index contributed by atoms with van der Waals surface area (Å²) in [5.74, 6) is -1.38. The molecule has 0 unspecified atom stereocenters. The van der Waals surface area contributed by atoms with E-state index in [2.05, 4.69) is 4.98 Å². The predicted molar refractivity (Wildman–Crippen MR) is 93.6 cm³/mol. The quantitative estimate of drug-likeness (QED) is 0.816. The molecule has 2 saturated heterocycles. The lowest BCUT2D eigenvalue weighted by Crippen LogP contribution is -2.36. The summed E-state index contributed by atoms with van der Waals surface area (Å²) in [5, 5.41) is 0. The number of halogens is 2. The Morgan fingerprint density at radius 2 is 1.96 bits per heavy atom. The van der Waals surface area contributed by atoms with Crippen molar-refractivity contribution in [2.75, 3.05) is 19.6 Å². The summed E-state index contributed by atoms with van der Waals surface area (Å²) >= 11 is 0. The zero-order chi connectivity index (χ0) is 19.1. The highest BCUT2D eigenvalue weighted by Gasteiger charge is 2.49. The molecule has 2 aliphatic heterocycles. The number of benzene rings is 1. The molecular formula is C20H19F2N3O2. The van der Waals surface area contributed by atoms with E-state index in [9.17, 15) is 18.4 Å². The van der Waals surface area contributed by atoms with Crippen LogP contribution in [0.3, 0.4) is 0 Å². The van der Waals surface area contributed by atoms with Crippen molar-refractivity contribution in [2.45, 2.75) is 13.0 Å². The van der Waals surface area contributed by atoms with Crippen molar-refractivity contribution in [2.24, 2.45) is 11.8 Å². The molecule has 0 radical (unpaired) electrons. The number of amides is 2. The number of fused-ring (bicyclic) bond motifs is 1. The average Bonchev–Trinajstić information content (AvgIpc) is 3.19. The molecule has 0 bridgehead atoms. The van der Waals surface area contributed by atoms with Crippen molar-refractivity contribution in [3.63, 3.8) is 0 Å². The molecule has 27 heavy (non-hydrogen) atoms. The maximum atomic E-state index is 13.9. The van der Waals surface area contributed by atoms with E-state index < -0.39 is 5.82 Å². The molecule has 7 heteroatoms. The Labute approximate surface area is 155 Å². The van der Waals surface area contributed by atoms with E-state index in [4.69, 9.17) is 0 Å². The Morgan fingerprint density at radius 3 is 2.67 bits per heavy atom. The second-order valence-corrected chi connectivity index (χ2v) is 7.16. The van der Waals surface area contributed by atoms with Gasteiger partial charge in [-0.15, -0.1) is 0 Å². The molecule has 140 valence electrons. The van der Waals surface area contributed by atoms with Crippen molar-refractivity contribution in [3.05, 3.63) is 65.5 Å². The molecule has 1 aromatic heterocycles. The molecule has 2 aromatic rings. The Balaban J connectivity index is 1.61. The number of rotatable bonds is 2. The molecule has 4 rings (SSSR count). The number of carbonyl (C=O) groups is 2. The first-order chi connectivity index (χ1) is 13.0. The van der Waals surface area contributed by atoms with Gasteiger partial charge in [-0.25, -0.2) is 8.78 Å². The molecule has 5 nitrogen and oxygen atoms in total. The van der Waals surface area contributed by atoms with Crippen LogP contribution in [-0.2, 0) is 4.79 Å². The number of nitrogens with zero attached hydrogens (tertiary/aromatic N) is 3. The van der Waals surface area contributed by atoms with Crippen LogP contribution in [-0.4, -0.2) is 46.2 Å². The van der Waals surface area contributed by atoms with Gasteiger partial charge in [0.15, 0.2) is 5.82 Å². The highest BCUT2D eigenvalue weighted by molar-refractivity contribution is 5.94. The minimum Gasteiger partial charge on any atom is -0.338 e. The Bertz CT molecular complexity index is 904. The van der Waals surface area contributed by atoms with Gasteiger partial charge in [0.25, 0.3) is 5.91 Å². The Morgan fingerprint density at radius 1 is 1.15 bits per heavy atom. The van der Waals surface area contributed by atoms with Crippen LogP contribution in [0.15, 0.2) is 42.7 Å². The minimum absolute atomic E-state index is 0.00398. The molecule has 3 heterocycles. The average molecular weight is 371 g/mol. The van der Waals surface area contributed by atoms with Crippen LogP contribution in [0, 0.1) is 23.5 Å². The van der Waals surface area contributed by atoms with Crippen LogP contribution in [0.4, 0.5) is 8.78 Å². The Hall–Kier alpha value is -2.83. The maximum Gasteiger partial charge on any atom is 0.256 e. The molecule has 2 aliphatic rings. The van der Waals surface area contributed by atoms with Gasteiger partial charge in [-0.05, 0) is 23.8 Å². The first kappa shape index (κ1) is 17.6. The second-order valence-electron chi connectivity index (χ2n) is 7.16. The molecular weight excluding hydrogens is 352 g/mol. The van der Waals surface area contributed by atoms with Crippen molar-refractivity contribution < 1.29 is 18.4 Å². The number of hydrogen-bond acceptors (Lipinski definition) is 3. The second kappa shape index (κ2) is 6.72. The zero-order valence-corrected chi connectivity index (χ0v) is 14.8. The van der Waals surface area contributed by atoms with Crippen LogP contribution in [0.5, 0.6) is 0 Å². The fraction of sp³-hybridized carbons (Fsp3) is 0.350. The summed E-state index contributed by atoms with van der Waals surface area (Å²) in [6, 6.07) is 7.32. The van der Waals surface area contributed by atoms with Gasteiger partial charge in [-0.2, -0.15) is 0 Å². The van der Waals surface area contributed by atoms with Gasteiger partial charge in [0.1, 0.15) is 5.82 Å². The highest BCUT2D eigenvalue weighted by atomic mass is 19.1. The molecule has 0 saturated carbocycles. The largest absolute Gasteiger partial charge is 0.338 e. The monoisotopic (exact) mass is 371 g/mol. The first-order valence-corrected chi connectivity index (χ1v) is 8.87. The van der Waals surface area contributed by atoms with E-state index in [1.54, 1.807) is 21.9 Å². The van der Waals surface area contributed by atoms with Crippen LogP contribution in [0.2, 0.25) is 0 Å². The van der Waals surface area contributed by atoms with Gasteiger partial charge < -0.3 is 9.80 Å². The normalized spacial score (nSPS) is 24.2. The van der Waals surface area contributed by atoms with Gasteiger partial charge >= 0.3 is 0 Å². The van der Waals surface area contributed by atoms with Gasteiger partial charge in [0, 0.05) is 44.6 Å². The number of aromatic nitrogens is 1. The lowest BCUT2D eigenvalue weighted by molar-refractivity contribution is -0.130. The predicted octanol–water partition coefficient (Wildman–Crippen LogP) is 2.65. The van der Waals surface area contributed by atoms with Gasteiger partial charge in [0.05, 0.1) is 17.8 Å². The topological polar surface area (TPSA) is 53.5 Å². The summed E-state index contributed by atoms with van der Waals surface area (Å²) in [4.78, 5) is 31.9. The summed E-state index contributed by atoms with van der Waals surface area (Å²) in [7, 11) is 0. The van der Waals surface area contributed by atoms with Crippen LogP contribution in [0.25, 0.3) is 0 Å². The summed E-state index contributed by atoms with van der Waals surface area (Å²) in [6.45, 7) is 2.85. The zero-order valence-electron chi connectivity index (χ0n) is 14.8. The number of carbonyl (C=O) groups excluding carboxylic acids is 2. The third kappa shape index (κ3) is 3.07. The third-order valence-electron chi connectivity index (χ3n) is 5.55. The first-order valence-electron chi connectivity index (χ1n) is 8.87. The van der Waals surface area contributed by atoms with E-state index >= 15 is 0 Å². The van der Waals surface area contributed by atoms with Crippen LogP contribution >= 0.6 is 0 Å². The number of likely N-dealkylation sites (tertiary alicyclic amines) is 2. The third-order valence-corrected chi connectivity index (χ3v) is 5.55. The summed E-state index contributed by atoms with van der Waals surface area (Å²) in [5.41, 5.74) is 0.720. The summed E-state index contributed by atoms with van der Waals surface area (Å²) in [6.07, 6.45) is 2.41. The van der Waals surface area contributed by atoms with Crippen LogP contribution in [0.1, 0.15) is 28.9 Å². The smallest absolute Gasteiger partial charge is 0.256 e. The molecule has 2 fully saturated rings. The molecule has 0 spiro atoms. The lowest BCUT2D eigenvalue weighted by Gasteiger charge is -2.29. The molecule has 3 atom stereocenters.